The van der Waals surface area contributed by atoms with Crippen LogP contribution in [-0.2, 0) is 6.54 Å². The van der Waals surface area contributed by atoms with Crippen LogP contribution in [0.2, 0.25) is 0 Å². The summed E-state index contributed by atoms with van der Waals surface area (Å²) < 4.78 is 1.89. The zero-order valence-electron chi connectivity index (χ0n) is 14.0. The summed E-state index contributed by atoms with van der Waals surface area (Å²) in [6.07, 6.45) is 5.59. The van der Waals surface area contributed by atoms with Crippen molar-refractivity contribution >= 4 is 11.6 Å². The number of nitrogens with zero attached hydrogens (tertiary/aromatic N) is 4. The fraction of sp³-hybridized carbons (Fsp3) is 0.412. The molecule has 0 atom stereocenters. The lowest BCUT2D eigenvalue weighted by molar-refractivity contribution is -0.384. The molecule has 2 heterocycles. The molecule has 0 aliphatic carbocycles. The SMILES string of the molecule is CCn1cc(C2CCN(C(=O)c3ccc([N+](=O)[O-])cc3O)CC2)cn1. The van der Waals surface area contributed by atoms with Gasteiger partial charge in [0, 0.05) is 31.9 Å². The highest BCUT2D eigenvalue weighted by Gasteiger charge is 2.27. The molecule has 0 saturated carbocycles. The highest BCUT2D eigenvalue weighted by Crippen LogP contribution is 2.30. The number of phenolic OH excluding ortho intramolecular Hbond substituents is 1. The normalized spacial score (nSPS) is 15.3. The average Bonchev–Trinajstić information content (AvgIpc) is 3.10. The van der Waals surface area contributed by atoms with E-state index in [1.54, 1.807) is 4.90 Å². The van der Waals surface area contributed by atoms with Crippen molar-refractivity contribution in [2.75, 3.05) is 13.1 Å². The van der Waals surface area contributed by atoms with Crippen molar-refractivity contribution in [2.24, 2.45) is 0 Å². The highest BCUT2D eigenvalue weighted by molar-refractivity contribution is 5.97. The van der Waals surface area contributed by atoms with Crippen LogP contribution in [0.4, 0.5) is 5.69 Å². The largest absolute Gasteiger partial charge is 0.507 e. The van der Waals surface area contributed by atoms with E-state index in [2.05, 4.69) is 5.10 Å². The van der Waals surface area contributed by atoms with E-state index in [0.717, 1.165) is 25.5 Å². The lowest BCUT2D eigenvalue weighted by Crippen LogP contribution is -2.37. The van der Waals surface area contributed by atoms with E-state index in [0.29, 0.717) is 19.0 Å². The Morgan fingerprint density at radius 3 is 2.68 bits per heavy atom. The number of hydrogen-bond acceptors (Lipinski definition) is 5. The molecular weight excluding hydrogens is 324 g/mol. The molecule has 8 nitrogen and oxygen atoms in total. The van der Waals surface area contributed by atoms with E-state index in [1.165, 1.54) is 17.7 Å². The number of rotatable bonds is 4. The van der Waals surface area contributed by atoms with Gasteiger partial charge in [-0.05, 0) is 37.3 Å². The topological polar surface area (TPSA) is 102 Å². The number of aryl methyl sites for hydroxylation is 1. The fourth-order valence-corrected chi connectivity index (χ4v) is 3.16. The van der Waals surface area contributed by atoms with Gasteiger partial charge in [0.25, 0.3) is 11.6 Å². The molecule has 132 valence electrons. The summed E-state index contributed by atoms with van der Waals surface area (Å²) in [5.41, 5.74) is 1.05. The molecule has 0 spiro atoms. The first-order chi connectivity index (χ1) is 12.0. The van der Waals surface area contributed by atoms with Crippen molar-refractivity contribution in [1.82, 2.24) is 14.7 Å². The van der Waals surface area contributed by atoms with Crippen molar-refractivity contribution in [2.45, 2.75) is 32.2 Å². The number of carbonyl (C=O) groups is 1. The third kappa shape index (κ3) is 3.47. The van der Waals surface area contributed by atoms with Crippen LogP contribution in [0, 0.1) is 10.1 Å². The van der Waals surface area contributed by atoms with Crippen LogP contribution in [0.15, 0.2) is 30.6 Å². The van der Waals surface area contributed by atoms with Crippen LogP contribution in [0.3, 0.4) is 0 Å². The molecule has 1 aliphatic heterocycles. The zero-order chi connectivity index (χ0) is 18.0. The number of aromatic hydroxyl groups is 1. The molecule has 1 aromatic carbocycles. The Bertz CT molecular complexity index is 794. The Kier molecular flexibility index (Phi) is 4.69. The molecule has 3 rings (SSSR count). The molecule has 1 aromatic heterocycles. The molecule has 0 radical (unpaired) electrons. The molecule has 1 amide bonds. The Morgan fingerprint density at radius 1 is 1.40 bits per heavy atom. The second-order valence-electron chi connectivity index (χ2n) is 6.15. The lowest BCUT2D eigenvalue weighted by atomic mass is 9.91. The number of carbonyl (C=O) groups excluding carboxylic acids is 1. The summed E-state index contributed by atoms with van der Waals surface area (Å²) in [7, 11) is 0. The third-order valence-electron chi connectivity index (χ3n) is 4.65. The van der Waals surface area contributed by atoms with Gasteiger partial charge in [0.15, 0.2) is 0 Å². The minimum absolute atomic E-state index is 0.0999. The van der Waals surface area contributed by atoms with E-state index in [4.69, 9.17) is 0 Å². The van der Waals surface area contributed by atoms with Gasteiger partial charge in [0.05, 0.1) is 22.7 Å². The van der Waals surface area contributed by atoms with Crippen LogP contribution in [0.5, 0.6) is 5.75 Å². The Morgan fingerprint density at radius 2 is 2.12 bits per heavy atom. The number of amides is 1. The molecule has 8 heteroatoms. The molecule has 25 heavy (non-hydrogen) atoms. The third-order valence-corrected chi connectivity index (χ3v) is 4.65. The maximum atomic E-state index is 12.6. The van der Waals surface area contributed by atoms with E-state index >= 15 is 0 Å². The molecule has 1 saturated heterocycles. The monoisotopic (exact) mass is 344 g/mol. The average molecular weight is 344 g/mol. The van der Waals surface area contributed by atoms with E-state index in [1.807, 2.05) is 24.0 Å². The Hall–Kier alpha value is -2.90. The van der Waals surface area contributed by atoms with Gasteiger partial charge >= 0.3 is 0 Å². The van der Waals surface area contributed by atoms with Gasteiger partial charge in [-0.1, -0.05) is 0 Å². The first-order valence-electron chi connectivity index (χ1n) is 8.28. The number of piperidine rings is 1. The van der Waals surface area contributed by atoms with Crippen LogP contribution in [0.25, 0.3) is 0 Å². The second kappa shape index (κ2) is 6.92. The number of nitro groups is 1. The first kappa shape index (κ1) is 16.9. The van der Waals surface area contributed by atoms with Gasteiger partial charge < -0.3 is 10.0 Å². The molecule has 2 aromatic rings. The Balaban J connectivity index is 1.66. The number of non-ortho nitro benzene ring substituents is 1. The molecule has 1 N–H and O–H groups in total. The van der Waals surface area contributed by atoms with Crippen molar-refractivity contribution in [3.63, 3.8) is 0 Å². The molecule has 1 aliphatic rings. The highest BCUT2D eigenvalue weighted by atomic mass is 16.6. The molecular formula is C17H20N4O4. The van der Waals surface area contributed by atoms with Gasteiger partial charge in [-0.15, -0.1) is 0 Å². The van der Waals surface area contributed by atoms with Gasteiger partial charge in [0.1, 0.15) is 5.75 Å². The summed E-state index contributed by atoms with van der Waals surface area (Å²) >= 11 is 0. The maximum absolute atomic E-state index is 12.6. The second-order valence-corrected chi connectivity index (χ2v) is 6.15. The van der Waals surface area contributed by atoms with Gasteiger partial charge in [0.2, 0.25) is 0 Å². The predicted molar refractivity (Wildman–Crippen MR) is 90.5 cm³/mol. The molecule has 0 bridgehead atoms. The zero-order valence-corrected chi connectivity index (χ0v) is 14.0. The fourth-order valence-electron chi connectivity index (χ4n) is 3.16. The minimum atomic E-state index is -0.601. The van der Waals surface area contributed by atoms with E-state index < -0.39 is 4.92 Å². The number of nitro benzene ring substituents is 1. The summed E-state index contributed by atoms with van der Waals surface area (Å²) in [5.74, 6) is -0.282. The minimum Gasteiger partial charge on any atom is -0.507 e. The van der Waals surface area contributed by atoms with Crippen molar-refractivity contribution in [3.8, 4) is 5.75 Å². The van der Waals surface area contributed by atoms with Crippen LogP contribution >= 0.6 is 0 Å². The van der Waals surface area contributed by atoms with Crippen LogP contribution < -0.4 is 0 Å². The van der Waals surface area contributed by atoms with Crippen LogP contribution in [-0.4, -0.2) is 43.7 Å². The van der Waals surface area contributed by atoms with Crippen molar-refractivity contribution in [1.29, 1.82) is 0 Å². The smallest absolute Gasteiger partial charge is 0.273 e. The number of likely N-dealkylation sites (tertiary alicyclic amines) is 1. The Labute approximate surface area is 144 Å². The quantitative estimate of drug-likeness (QED) is 0.678. The summed E-state index contributed by atoms with van der Waals surface area (Å²) in [6.45, 7) is 4.03. The molecule has 1 fully saturated rings. The number of aromatic nitrogens is 2. The number of benzene rings is 1. The summed E-state index contributed by atoms with van der Waals surface area (Å²) in [4.78, 5) is 24.4. The predicted octanol–water partition coefficient (Wildman–Crippen LogP) is 2.54. The maximum Gasteiger partial charge on any atom is 0.273 e. The van der Waals surface area contributed by atoms with E-state index in [-0.39, 0.29) is 22.9 Å². The summed E-state index contributed by atoms with van der Waals surface area (Å²) in [6, 6.07) is 3.56. The first-order valence-corrected chi connectivity index (χ1v) is 8.28. The van der Waals surface area contributed by atoms with Gasteiger partial charge in [-0.3, -0.25) is 19.6 Å². The standard InChI is InChI=1S/C17H20N4O4/c1-2-20-11-13(10-18-20)12-5-7-19(8-6-12)17(23)15-4-3-14(21(24)25)9-16(15)22/h3-4,9-12,22H,2,5-8H2,1H3. The lowest BCUT2D eigenvalue weighted by Gasteiger charge is -2.31. The van der Waals surface area contributed by atoms with Gasteiger partial charge in [-0.25, -0.2) is 0 Å². The summed E-state index contributed by atoms with van der Waals surface area (Å²) in [5, 5.41) is 25.0. The van der Waals surface area contributed by atoms with Crippen LogP contribution in [0.1, 0.15) is 41.6 Å². The van der Waals surface area contributed by atoms with E-state index in [9.17, 15) is 20.0 Å². The number of hydrogen-bond donors (Lipinski definition) is 1. The van der Waals surface area contributed by atoms with Crippen molar-refractivity contribution < 1.29 is 14.8 Å². The number of phenols is 1. The van der Waals surface area contributed by atoms with Crippen molar-refractivity contribution in [3.05, 3.63) is 51.8 Å². The molecule has 0 unspecified atom stereocenters. The van der Waals surface area contributed by atoms with Gasteiger partial charge in [-0.2, -0.15) is 5.10 Å².